The maximum Gasteiger partial charge on any atom is 0.269 e. The number of pyridine rings is 1. The van der Waals surface area contributed by atoms with Gasteiger partial charge in [-0.25, -0.2) is 4.98 Å². The second-order valence-electron chi connectivity index (χ2n) is 6.91. The predicted molar refractivity (Wildman–Crippen MR) is 104 cm³/mol. The summed E-state index contributed by atoms with van der Waals surface area (Å²) < 4.78 is 5.34. The average Bonchev–Trinajstić information content (AvgIpc) is 2.68. The third-order valence-electron chi connectivity index (χ3n) is 4.88. The zero-order valence-electron chi connectivity index (χ0n) is 15.6. The van der Waals surface area contributed by atoms with E-state index >= 15 is 0 Å². The van der Waals surface area contributed by atoms with E-state index in [1.54, 1.807) is 7.11 Å². The number of rotatable bonds is 6. The summed E-state index contributed by atoms with van der Waals surface area (Å²) in [5, 5.41) is 2.93. The number of para-hydroxylation sites is 1. The van der Waals surface area contributed by atoms with Crippen LogP contribution in [0.3, 0.4) is 0 Å². The van der Waals surface area contributed by atoms with Crippen LogP contribution in [0.5, 0.6) is 5.75 Å². The topological polar surface area (TPSA) is 54.5 Å². The molecule has 0 spiro atoms. The fourth-order valence-corrected chi connectivity index (χ4v) is 3.44. The Morgan fingerprint density at radius 3 is 2.88 bits per heavy atom. The Labute approximate surface area is 155 Å². The maximum atomic E-state index is 12.3. The van der Waals surface area contributed by atoms with Crippen LogP contribution in [0.15, 0.2) is 42.6 Å². The number of nitrogens with one attached hydrogen (secondary N) is 1. The van der Waals surface area contributed by atoms with Crippen LogP contribution in [0.2, 0.25) is 0 Å². The fourth-order valence-electron chi connectivity index (χ4n) is 3.44. The number of nitrogens with zero attached hydrogens (tertiary/aromatic N) is 2. The lowest BCUT2D eigenvalue weighted by Crippen LogP contribution is -2.34. The van der Waals surface area contributed by atoms with Crippen molar-refractivity contribution in [2.75, 3.05) is 31.6 Å². The highest BCUT2D eigenvalue weighted by atomic mass is 16.5. The van der Waals surface area contributed by atoms with Crippen LogP contribution >= 0.6 is 0 Å². The van der Waals surface area contributed by atoms with Crippen LogP contribution in [0.25, 0.3) is 0 Å². The number of methoxy groups -OCH3 is 1. The summed E-state index contributed by atoms with van der Waals surface area (Å²) in [6, 6.07) is 11.7. The minimum Gasteiger partial charge on any atom is -0.496 e. The number of ether oxygens (including phenoxy) is 1. The van der Waals surface area contributed by atoms with Crippen LogP contribution in [0.4, 0.5) is 5.69 Å². The molecule has 1 unspecified atom stereocenters. The zero-order chi connectivity index (χ0) is 18.4. The summed E-state index contributed by atoms with van der Waals surface area (Å²) in [4.78, 5) is 19.0. The van der Waals surface area contributed by atoms with Gasteiger partial charge in [0.05, 0.1) is 19.0 Å². The van der Waals surface area contributed by atoms with Crippen LogP contribution in [0.1, 0.15) is 35.8 Å². The van der Waals surface area contributed by atoms with Gasteiger partial charge in [-0.2, -0.15) is 0 Å². The molecular weight excluding hydrogens is 326 g/mol. The number of amides is 1. The van der Waals surface area contributed by atoms with Crippen molar-refractivity contribution >= 4 is 11.6 Å². The van der Waals surface area contributed by atoms with Crippen molar-refractivity contribution in [3.63, 3.8) is 0 Å². The quantitative estimate of drug-likeness (QED) is 0.866. The van der Waals surface area contributed by atoms with E-state index in [4.69, 9.17) is 4.74 Å². The van der Waals surface area contributed by atoms with Gasteiger partial charge in [0.25, 0.3) is 5.91 Å². The molecule has 0 aliphatic carbocycles. The Hall–Kier alpha value is -2.56. The van der Waals surface area contributed by atoms with Crippen molar-refractivity contribution in [1.29, 1.82) is 0 Å². The predicted octanol–water partition coefficient (Wildman–Crippen LogP) is 3.30. The molecule has 1 atom stereocenters. The fraction of sp³-hybridized carbons (Fsp3) is 0.429. The molecule has 3 rings (SSSR count). The molecule has 1 N–H and O–H groups in total. The number of anilines is 1. The van der Waals surface area contributed by atoms with Gasteiger partial charge in [-0.05, 0) is 48.9 Å². The van der Waals surface area contributed by atoms with E-state index in [0.717, 1.165) is 36.5 Å². The van der Waals surface area contributed by atoms with Gasteiger partial charge >= 0.3 is 0 Å². The van der Waals surface area contributed by atoms with Gasteiger partial charge < -0.3 is 15.0 Å². The zero-order valence-corrected chi connectivity index (χ0v) is 15.6. The summed E-state index contributed by atoms with van der Waals surface area (Å²) in [6.07, 6.45) is 5.04. The number of carbonyl (C=O) groups is 1. The molecule has 2 heterocycles. The Morgan fingerprint density at radius 1 is 1.31 bits per heavy atom. The van der Waals surface area contributed by atoms with Gasteiger partial charge in [0.1, 0.15) is 11.4 Å². The van der Waals surface area contributed by atoms with Crippen molar-refractivity contribution in [3.8, 4) is 5.75 Å². The van der Waals surface area contributed by atoms with Crippen molar-refractivity contribution in [2.24, 2.45) is 5.92 Å². The van der Waals surface area contributed by atoms with E-state index in [0.29, 0.717) is 18.2 Å². The molecule has 0 saturated carbocycles. The standard InChI is InChI=1S/C21H27N3O2/c1-16-6-5-13-24(15-16)18-9-10-19(23-14-18)21(25)22-12-11-17-7-3-4-8-20(17)26-2/h3-4,7-10,14,16H,5-6,11-13,15H2,1-2H3,(H,22,25). The second kappa shape index (κ2) is 8.70. The number of piperidine rings is 1. The lowest BCUT2D eigenvalue weighted by Gasteiger charge is -2.32. The van der Waals surface area contributed by atoms with Gasteiger partial charge in [0.2, 0.25) is 0 Å². The van der Waals surface area contributed by atoms with Gasteiger partial charge in [-0.1, -0.05) is 25.1 Å². The van der Waals surface area contributed by atoms with Crippen molar-refractivity contribution < 1.29 is 9.53 Å². The largest absolute Gasteiger partial charge is 0.496 e. The van der Waals surface area contributed by atoms with E-state index in [1.807, 2.05) is 42.6 Å². The molecule has 1 aromatic carbocycles. The summed E-state index contributed by atoms with van der Waals surface area (Å²) in [6.45, 7) is 4.96. The Balaban J connectivity index is 1.53. The Bertz CT molecular complexity index is 730. The third-order valence-corrected chi connectivity index (χ3v) is 4.88. The molecule has 2 aromatic rings. The number of carbonyl (C=O) groups excluding carboxylic acids is 1. The average molecular weight is 353 g/mol. The van der Waals surface area contributed by atoms with E-state index in [-0.39, 0.29) is 5.91 Å². The minimum absolute atomic E-state index is 0.140. The highest BCUT2D eigenvalue weighted by molar-refractivity contribution is 5.92. The minimum atomic E-state index is -0.140. The molecule has 138 valence electrons. The summed E-state index contributed by atoms with van der Waals surface area (Å²) in [7, 11) is 1.66. The Morgan fingerprint density at radius 2 is 2.15 bits per heavy atom. The molecule has 1 aliphatic heterocycles. The highest BCUT2D eigenvalue weighted by Gasteiger charge is 2.17. The molecule has 0 bridgehead atoms. The van der Waals surface area contributed by atoms with Gasteiger partial charge in [0.15, 0.2) is 0 Å². The molecule has 26 heavy (non-hydrogen) atoms. The molecule has 0 radical (unpaired) electrons. The molecule has 1 amide bonds. The maximum absolute atomic E-state index is 12.3. The lowest BCUT2D eigenvalue weighted by molar-refractivity contribution is 0.0949. The lowest BCUT2D eigenvalue weighted by atomic mass is 10.00. The monoisotopic (exact) mass is 353 g/mol. The van der Waals surface area contributed by atoms with Crippen molar-refractivity contribution in [1.82, 2.24) is 10.3 Å². The molecular formula is C21H27N3O2. The first kappa shape index (κ1) is 18.2. The number of hydrogen-bond acceptors (Lipinski definition) is 4. The summed E-state index contributed by atoms with van der Waals surface area (Å²) in [5.41, 5.74) is 2.64. The molecule has 1 fully saturated rings. The van der Waals surface area contributed by atoms with Crippen molar-refractivity contribution in [3.05, 3.63) is 53.9 Å². The van der Waals surface area contributed by atoms with E-state index < -0.39 is 0 Å². The van der Waals surface area contributed by atoms with E-state index in [2.05, 4.69) is 22.1 Å². The van der Waals surface area contributed by atoms with Crippen LogP contribution in [-0.2, 0) is 6.42 Å². The molecule has 1 saturated heterocycles. The number of hydrogen-bond donors (Lipinski definition) is 1. The normalized spacial score (nSPS) is 17.0. The molecule has 5 nitrogen and oxygen atoms in total. The van der Waals surface area contributed by atoms with Crippen LogP contribution in [0, 0.1) is 5.92 Å². The molecule has 1 aromatic heterocycles. The van der Waals surface area contributed by atoms with Gasteiger partial charge in [0, 0.05) is 19.6 Å². The van der Waals surface area contributed by atoms with Gasteiger partial charge in [-0.15, -0.1) is 0 Å². The smallest absolute Gasteiger partial charge is 0.269 e. The number of benzene rings is 1. The van der Waals surface area contributed by atoms with Crippen LogP contribution < -0.4 is 15.0 Å². The number of aromatic nitrogens is 1. The van der Waals surface area contributed by atoms with Crippen molar-refractivity contribution in [2.45, 2.75) is 26.2 Å². The molecule has 1 aliphatic rings. The summed E-state index contributed by atoms with van der Waals surface area (Å²) >= 11 is 0. The van der Waals surface area contributed by atoms with E-state index in [1.165, 1.54) is 12.8 Å². The van der Waals surface area contributed by atoms with Crippen LogP contribution in [-0.4, -0.2) is 37.6 Å². The first-order chi connectivity index (χ1) is 12.7. The first-order valence-corrected chi connectivity index (χ1v) is 9.28. The molecule has 5 heteroatoms. The summed E-state index contributed by atoms with van der Waals surface area (Å²) in [5.74, 6) is 1.42. The first-order valence-electron chi connectivity index (χ1n) is 9.28. The van der Waals surface area contributed by atoms with E-state index in [9.17, 15) is 4.79 Å². The highest BCUT2D eigenvalue weighted by Crippen LogP contribution is 2.22. The Kier molecular flexibility index (Phi) is 6.10. The van der Waals surface area contributed by atoms with Gasteiger partial charge in [-0.3, -0.25) is 4.79 Å². The third kappa shape index (κ3) is 4.54. The second-order valence-corrected chi connectivity index (χ2v) is 6.91. The SMILES string of the molecule is COc1ccccc1CCNC(=O)c1ccc(N2CCCC(C)C2)cn1.